The van der Waals surface area contributed by atoms with E-state index in [-0.39, 0.29) is 18.6 Å². The van der Waals surface area contributed by atoms with Gasteiger partial charge in [-0.15, -0.1) is 0 Å². The smallest absolute Gasteiger partial charge is 0.343 e. The number of rotatable bonds is 7. The monoisotopic (exact) mass is 529 g/mol. The van der Waals surface area contributed by atoms with Crippen molar-refractivity contribution in [2.45, 2.75) is 72.1 Å². The summed E-state index contributed by atoms with van der Waals surface area (Å²) in [6.07, 6.45) is 3.20. The third-order valence-electron chi connectivity index (χ3n) is 8.16. The molecular weight excluding hydrogens is 494 g/mol. The molecule has 204 valence electrons. The summed E-state index contributed by atoms with van der Waals surface area (Å²) in [5, 5.41) is 15.8. The van der Waals surface area contributed by atoms with Gasteiger partial charge in [0.1, 0.15) is 6.61 Å². The lowest BCUT2D eigenvalue weighted by Gasteiger charge is -2.33. The van der Waals surface area contributed by atoms with Crippen LogP contribution in [0.3, 0.4) is 0 Å². The van der Waals surface area contributed by atoms with Crippen LogP contribution in [0.4, 0.5) is 11.4 Å². The number of fused-ring (bicyclic) bond motifs is 5. The first-order valence-corrected chi connectivity index (χ1v) is 14.0. The molecule has 39 heavy (non-hydrogen) atoms. The molecular formula is C30H35N5O4. The number of benzene rings is 1. The Morgan fingerprint density at radius 3 is 2.77 bits per heavy atom. The number of aliphatic hydroxyl groups is 1. The van der Waals surface area contributed by atoms with Crippen molar-refractivity contribution in [1.82, 2.24) is 14.9 Å². The highest BCUT2D eigenvalue weighted by Gasteiger charge is 2.46. The second kappa shape index (κ2) is 9.48. The van der Waals surface area contributed by atoms with Crippen molar-refractivity contribution in [3.05, 3.63) is 51.3 Å². The third kappa shape index (κ3) is 3.85. The normalized spacial score (nSPS) is 19.1. The molecule has 9 heteroatoms. The predicted molar refractivity (Wildman–Crippen MR) is 151 cm³/mol. The molecule has 0 bridgehead atoms. The molecule has 5 heterocycles. The third-order valence-corrected chi connectivity index (χ3v) is 8.16. The Morgan fingerprint density at radius 1 is 1.21 bits per heavy atom. The van der Waals surface area contributed by atoms with Gasteiger partial charge in [-0.05, 0) is 43.4 Å². The summed E-state index contributed by atoms with van der Waals surface area (Å²) in [4.78, 5) is 38.7. The van der Waals surface area contributed by atoms with E-state index in [4.69, 9.17) is 14.7 Å². The molecule has 3 aliphatic rings. The Balaban J connectivity index is 1.58. The molecule has 2 aromatic heterocycles. The molecule has 3 aromatic rings. The first-order valence-electron chi connectivity index (χ1n) is 14.0. The van der Waals surface area contributed by atoms with Crippen LogP contribution in [-0.4, -0.2) is 39.7 Å². The molecule has 0 radical (unpaired) electrons. The van der Waals surface area contributed by atoms with Gasteiger partial charge in [0.25, 0.3) is 5.56 Å². The number of carbonyl (C=O) groups is 1. The van der Waals surface area contributed by atoms with Crippen LogP contribution >= 0.6 is 0 Å². The van der Waals surface area contributed by atoms with Crippen LogP contribution in [0.25, 0.3) is 22.3 Å². The molecule has 6 rings (SSSR count). The summed E-state index contributed by atoms with van der Waals surface area (Å²) < 4.78 is 6.95. The fourth-order valence-electron chi connectivity index (χ4n) is 5.88. The summed E-state index contributed by atoms with van der Waals surface area (Å²) >= 11 is 0. The average molecular weight is 530 g/mol. The number of cyclic esters (lactones) is 1. The standard InChI is InChI=1S/C30H35N5O4/c1-5-7-12-31-29-33-22-10-8-9-21-24(22)26(34(29)13-11-17(3)4)18-15-35-23(25(18)32-21)14-20-19(27(35)36)16-39-28(37)30(20,38)6-2/h8-10,14,17,38H,5-7,11-13,15-16H2,1-4H3,(H,31,33)/t30-/m0/s1. The van der Waals surface area contributed by atoms with Crippen molar-refractivity contribution < 1.29 is 14.6 Å². The fraction of sp³-hybridized carbons (Fsp3) is 0.467. The Labute approximate surface area is 227 Å². The highest BCUT2D eigenvalue weighted by molar-refractivity contribution is 6.15. The minimum absolute atomic E-state index is 0.112. The molecule has 0 fully saturated rings. The van der Waals surface area contributed by atoms with E-state index >= 15 is 0 Å². The minimum Gasteiger partial charge on any atom is -0.458 e. The first kappa shape index (κ1) is 25.6. The summed E-state index contributed by atoms with van der Waals surface area (Å²) in [5.41, 5.74) is 3.52. The van der Waals surface area contributed by atoms with Gasteiger partial charge in [-0.1, -0.05) is 40.2 Å². The zero-order chi connectivity index (χ0) is 27.5. The summed E-state index contributed by atoms with van der Waals surface area (Å²) in [6, 6.07) is 7.72. The number of nitrogens with zero attached hydrogens (tertiary/aromatic N) is 4. The van der Waals surface area contributed by atoms with E-state index in [1.807, 2.05) is 18.2 Å². The molecule has 3 aliphatic heterocycles. The number of nitrogens with one attached hydrogen (secondary N) is 1. The maximum Gasteiger partial charge on any atom is 0.343 e. The first-order chi connectivity index (χ1) is 18.8. The van der Waals surface area contributed by atoms with Gasteiger partial charge in [-0.25, -0.2) is 14.8 Å². The molecule has 0 spiro atoms. The van der Waals surface area contributed by atoms with Crippen molar-refractivity contribution in [1.29, 1.82) is 0 Å². The number of guanidine groups is 1. The maximum absolute atomic E-state index is 13.8. The van der Waals surface area contributed by atoms with Gasteiger partial charge in [0.15, 0.2) is 5.60 Å². The van der Waals surface area contributed by atoms with Crippen LogP contribution in [0.5, 0.6) is 0 Å². The SMILES string of the molecule is CCCCNC1=Nc2cccc3nc4c(c(c23)N1CCC(C)C)Cn1c-4cc2c(c1=O)COC(=O)[C@]2(O)CC. The van der Waals surface area contributed by atoms with Gasteiger partial charge in [0, 0.05) is 24.2 Å². The Morgan fingerprint density at radius 2 is 2.03 bits per heavy atom. The van der Waals surface area contributed by atoms with E-state index in [1.165, 1.54) is 0 Å². The van der Waals surface area contributed by atoms with Crippen LogP contribution in [0, 0.1) is 5.92 Å². The van der Waals surface area contributed by atoms with E-state index in [9.17, 15) is 14.7 Å². The van der Waals surface area contributed by atoms with E-state index < -0.39 is 11.6 Å². The topological polar surface area (TPSA) is 109 Å². The zero-order valence-electron chi connectivity index (χ0n) is 23.0. The molecule has 0 amide bonds. The lowest BCUT2D eigenvalue weighted by atomic mass is 9.86. The van der Waals surface area contributed by atoms with E-state index in [1.54, 1.807) is 17.6 Å². The number of aliphatic imine (C=N–C) groups is 1. The molecule has 0 saturated heterocycles. The minimum atomic E-state index is -1.85. The van der Waals surface area contributed by atoms with Crippen molar-refractivity contribution in [3.8, 4) is 11.4 Å². The van der Waals surface area contributed by atoms with Crippen molar-refractivity contribution >= 4 is 34.2 Å². The molecule has 1 atom stereocenters. The van der Waals surface area contributed by atoms with Crippen molar-refractivity contribution in [3.63, 3.8) is 0 Å². The quantitative estimate of drug-likeness (QED) is 0.271. The number of anilines is 1. The number of carbonyl (C=O) groups excluding carboxylic acids is 1. The highest BCUT2D eigenvalue weighted by Crippen LogP contribution is 2.47. The van der Waals surface area contributed by atoms with Crippen LogP contribution in [0.2, 0.25) is 0 Å². The summed E-state index contributed by atoms with van der Waals surface area (Å²) in [6.45, 7) is 10.1. The van der Waals surface area contributed by atoms with E-state index in [2.05, 4.69) is 31.0 Å². The number of aromatic nitrogens is 2. The van der Waals surface area contributed by atoms with Crippen LogP contribution in [0.1, 0.15) is 70.1 Å². The Kier molecular flexibility index (Phi) is 6.21. The molecule has 9 nitrogen and oxygen atoms in total. The van der Waals surface area contributed by atoms with Crippen LogP contribution in [0.15, 0.2) is 34.1 Å². The largest absolute Gasteiger partial charge is 0.458 e. The molecule has 2 N–H and O–H groups in total. The predicted octanol–water partition coefficient (Wildman–Crippen LogP) is 4.32. The molecule has 0 saturated carbocycles. The van der Waals surface area contributed by atoms with Crippen molar-refractivity contribution in [2.75, 3.05) is 18.0 Å². The van der Waals surface area contributed by atoms with Gasteiger partial charge in [0.2, 0.25) is 5.96 Å². The van der Waals surface area contributed by atoms with E-state index in [0.717, 1.165) is 66.2 Å². The van der Waals surface area contributed by atoms with Gasteiger partial charge in [-0.2, -0.15) is 0 Å². The van der Waals surface area contributed by atoms with Crippen LogP contribution in [-0.2, 0) is 28.3 Å². The van der Waals surface area contributed by atoms with Gasteiger partial charge in [-0.3, -0.25) is 4.79 Å². The van der Waals surface area contributed by atoms with Gasteiger partial charge >= 0.3 is 5.97 Å². The molecule has 1 aromatic carbocycles. The lowest BCUT2D eigenvalue weighted by molar-refractivity contribution is -0.172. The Hall–Kier alpha value is -3.72. The summed E-state index contributed by atoms with van der Waals surface area (Å²) in [7, 11) is 0. The number of pyridine rings is 2. The lowest BCUT2D eigenvalue weighted by Crippen LogP contribution is -2.44. The van der Waals surface area contributed by atoms with Crippen LogP contribution < -0.4 is 15.8 Å². The highest BCUT2D eigenvalue weighted by atomic mass is 16.6. The second-order valence-electron chi connectivity index (χ2n) is 11.1. The summed E-state index contributed by atoms with van der Waals surface area (Å²) in [5.74, 6) is 0.602. The number of ether oxygens (including phenoxy) is 1. The zero-order valence-corrected chi connectivity index (χ0v) is 23.0. The number of hydrogen-bond acceptors (Lipinski definition) is 8. The molecule has 0 aliphatic carbocycles. The Bertz CT molecular complexity index is 1590. The van der Waals surface area contributed by atoms with Gasteiger partial charge in [0.05, 0.1) is 45.8 Å². The number of hydrogen-bond donors (Lipinski definition) is 2. The van der Waals surface area contributed by atoms with Gasteiger partial charge < -0.3 is 24.6 Å². The maximum atomic E-state index is 13.8. The second-order valence-corrected chi connectivity index (χ2v) is 11.1. The number of unbranched alkanes of at least 4 members (excludes halogenated alkanes) is 1. The van der Waals surface area contributed by atoms with Crippen molar-refractivity contribution in [2.24, 2.45) is 10.9 Å². The van der Waals surface area contributed by atoms with E-state index in [0.29, 0.717) is 35.0 Å². The number of esters is 1. The fourth-order valence-corrected chi connectivity index (χ4v) is 5.88. The average Bonchev–Trinajstić information content (AvgIpc) is 3.29. The molecule has 0 unspecified atom stereocenters.